The molecule has 1 heterocycles. The van der Waals surface area contributed by atoms with Crippen molar-refractivity contribution in [1.82, 2.24) is 15.1 Å². The van der Waals surface area contributed by atoms with Crippen LogP contribution in [0.3, 0.4) is 0 Å². The van der Waals surface area contributed by atoms with Gasteiger partial charge in [-0.05, 0) is 57.4 Å². The molecular formula is C33H37N3O4. The van der Waals surface area contributed by atoms with Crippen LogP contribution in [-0.4, -0.2) is 51.6 Å². The third-order valence-corrected chi connectivity index (χ3v) is 6.89. The molecule has 3 aromatic carbocycles. The highest BCUT2D eigenvalue weighted by Gasteiger charge is 2.36. The molecule has 3 aromatic rings. The Morgan fingerprint density at radius 2 is 1.40 bits per heavy atom. The zero-order chi connectivity index (χ0) is 28.9. The lowest BCUT2D eigenvalue weighted by molar-refractivity contribution is -0.142. The zero-order valence-electron chi connectivity index (χ0n) is 23.6. The molecule has 0 fully saturated rings. The van der Waals surface area contributed by atoms with Crippen molar-refractivity contribution < 1.29 is 19.2 Å². The lowest BCUT2D eigenvalue weighted by Crippen LogP contribution is -2.54. The molecule has 4 amide bonds. The molecule has 4 rings (SSSR count). The maximum atomic E-state index is 13.8. The Balaban J connectivity index is 1.55. The van der Waals surface area contributed by atoms with Gasteiger partial charge < -0.3 is 10.2 Å². The van der Waals surface area contributed by atoms with E-state index in [1.807, 2.05) is 82.3 Å². The van der Waals surface area contributed by atoms with Crippen LogP contribution < -0.4 is 5.32 Å². The summed E-state index contributed by atoms with van der Waals surface area (Å²) in [6, 6.07) is 23.6. The standard InChI is InChI=1S/C33H37N3O4/c1-23-16-18-25(19-17-23)22-36(28(30(38)34-33(2,3)4)21-24-11-6-5-7-12-24)29(37)15-10-20-35-31(39)26-13-8-9-14-27(26)32(35)40/h5-9,11-14,16-19,28H,10,15,20-22H2,1-4H3,(H,34,38)/t28-/m0/s1. The summed E-state index contributed by atoms with van der Waals surface area (Å²) in [5, 5.41) is 3.06. The average Bonchev–Trinajstić information content (AvgIpc) is 3.16. The second-order valence-electron chi connectivity index (χ2n) is 11.4. The van der Waals surface area contributed by atoms with Gasteiger partial charge in [-0.3, -0.25) is 24.1 Å². The number of aryl methyl sites for hydroxylation is 1. The van der Waals surface area contributed by atoms with Gasteiger partial charge in [0.05, 0.1) is 11.1 Å². The number of nitrogens with zero attached hydrogens (tertiary/aromatic N) is 2. The Hall–Kier alpha value is -4.26. The number of benzene rings is 3. The first kappa shape index (κ1) is 28.7. The third-order valence-electron chi connectivity index (χ3n) is 6.89. The van der Waals surface area contributed by atoms with Crippen molar-refractivity contribution in [3.63, 3.8) is 0 Å². The highest BCUT2D eigenvalue weighted by atomic mass is 16.2. The molecule has 0 saturated carbocycles. The monoisotopic (exact) mass is 539 g/mol. The van der Waals surface area contributed by atoms with Crippen molar-refractivity contribution in [3.8, 4) is 0 Å². The van der Waals surface area contributed by atoms with E-state index in [9.17, 15) is 19.2 Å². The van der Waals surface area contributed by atoms with Crippen molar-refractivity contribution in [1.29, 1.82) is 0 Å². The van der Waals surface area contributed by atoms with Gasteiger partial charge in [-0.2, -0.15) is 0 Å². The van der Waals surface area contributed by atoms with E-state index in [1.54, 1.807) is 29.2 Å². The molecule has 0 saturated heterocycles. The van der Waals surface area contributed by atoms with E-state index in [1.165, 1.54) is 4.90 Å². The summed E-state index contributed by atoms with van der Waals surface area (Å²) in [6.07, 6.45) is 0.750. The van der Waals surface area contributed by atoms with E-state index in [-0.39, 0.29) is 43.1 Å². The SMILES string of the molecule is Cc1ccc(CN(C(=O)CCCN2C(=O)c3ccccc3C2=O)[C@@H](Cc2ccccc2)C(=O)NC(C)(C)C)cc1. The van der Waals surface area contributed by atoms with E-state index in [2.05, 4.69) is 5.32 Å². The van der Waals surface area contributed by atoms with Gasteiger partial charge in [0.25, 0.3) is 11.8 Å². The van der Waals surface area contributed by atoms with E-state index >= 15 is 0 Å². The fourth-order valence-corrected chi connectivity index (χ4v) is 4.87. The second-order valence-corrected chi connectivity index (χ2v) is 11.4. The van der Waals surface area contributed by atoms with Crippen LogP contribution in [0.25, 0.3) is 0 Å². The summed E-state index contributed by atoms with van der Waals surface area (Å²) in [4.78, 5) is 55.9. The van der Waals surface area contributed by atoms with Gasteiger partial charge in [-0.25, -0.2) is 0 Å². The van der Waals surface area contributed by atoms with Crippen molar-refractivity contribution in [2.75, 3.05) is 6.54 Å². The van der Waals surface area contributed by atoms with Gasteiger partial charge in [0.2, 0.25) is 11.8 Å². The first-order valence-electron chi connectivity index (χ1n) is 13.7. The molecular weight excluding hydrogens is 502 g/mol. The molecule has 7 nitrogen and oxygen atoms in total. The summed E-state index contributed by atoms with van der Waals surface area (Å²) < 4.78 is 0. The topological polar surface area (TPSA) is 86.8 Å². The molecule has 0 radical (unpaired) electrons. The summed E-state index contributed by atoms with van der Waals surface area (Å²) in [6.45, 7) is 8.15. The van der Waals surface area contributed by atoms with Crippen molar-refractivity contribution in [2.24, 2.45) is 0 Å². The van der Waals surface area contributed by atoms with Crippen LogP contribution in [0.15, 0.2) is 78.9 Å². The smallest absolute Gasteiger partial charge is 0.261 e. The number of imide groups is 1. The summed E-state index contributed by atoms with van der Waals surface area (Å²) in [5.41, 5.74) is 3.28. The minimum absolute atomic E-state index is 0.0906. The largest absolute Gasteiger partial charge is 0.350 e. The molecule has 40 heavy (non-hydrogen) atoms. The molecule has 0 spiro atoms. The first-order chi connectivity index (χ1) is 19.0. The summed E-state index contributed by atoms with van der Waals surface area (Å²) >= 11 is 0. The van der Waals surface area contributed by atoms with Crippen molar-refractivity contribution in [2.45, 2.75) is 65.1 Å². The highest BCUT2D eigenvalue weighted by molar-refractivity contribution is 6.21. The van der Waals surface area contributed by atoms with Crippen LogP contribution in [-0.2, 0) is 22.6 Å². The van der Waals surface area contributed by atoms with E-state index in [0.717, 1.165) is 16.7 Å². The quantitative estimate of drug-likeness (QED) is 0.370. The molecule has 1 N–H and O–H groups in total. The van der Waals surface area contributed by atoms with Gasteiger partial charge >= 0.3 is 0 Å². The molecule has 1 atom stereocenters. The number of hydrogen-bond donors (Lipinski definition) is 1. The fourth-order valence-electron chi connectivity index (χ4n) is 4.87. The number of rotatable bonds is 10. The molecule has 1 aliphatic heterocycles. The van der Waals surface area contributed by atoms with Gasteiger partial charge in [0, 0.05) is 31.5 Å². The molecule has 7 heteroatoms. The van der Waals surface area contributed by atoms with Crippen molar-refractivity contribution in [3.05, 3.63) is 107 Å². The van der Waals surface area contributed by atoms with E-state index in [0.29, 0.717) is 24.0 Å². The molecule has 1 aliphatic rings. The molecule has 0 aliphatic carbocycles. The Labute approximate surface area is 236 Å². The molecule has 0 aromatic heterocycles. The Kier molecular flexibility index (Phi) is 8.83. The number of hydrogen-bond acceptors (Lipinski definition) is 4. The van der Waals surface area contributed by atoms with Crippen LogP contribution in [0, 0.1) is 6.92 Å². The van der Waals surface area contributed by atoms with Crippen LogP contribution in [0.5, 0.6) is 0 Å². The number of amides is 4. The maximum Gasteiger partial charge on any atom is 0.261 e. The predicted octanol–water partition coefficient (Wildman–Crippen LogP) is 4.93. The summed E-state index contributed by atoms with van der Waals surface area (Å²) in [5.74, 6) is -1.11. The zero-order valence-corrected chi connectivity index (χ0v) is 23.6. The number of fused-ring (bicyclic) bond motifs is 1. The van der Waals surface area contributed by atoms with Gasteiger partial charge in [0.1, 0.15) is 6.04 Å². The molecule has 0 bridgehead atoms. The first-order valence-corrected chi connectivity index (χ1v) is 13.7. The van der Waals surface area contributed by atoms with E-state index in [4.69, 9.17) is 0 Å². The van der Waals surface area contributed by atoms with Crippen LogP contribution >= 0.6 is 0 Å². The van der Waals surface area contributed by atoms with Crippen LogP contribution in [0.2, 0.25) is 0 Å². The predicted molar refractivity (Wildman–Crippen MR) is 155 cm³/mol. The Morgan fingerprint density at radius 3 is 1.98 bits per heavy atom. The lowest BCUT2D eigenvalue weighted by Gasteiger charge is -2.34. The normalized spacial score (nSPS) is 13.7. The Bertz CT molecular complexity index is 1340. The highest BCUT2D eigenvalue weighted by Crippen LogP contribution is 2.23. The Morgan fingerprint density at radius 1 is 0.825 bits per heavy atom. The van der Waals surface area contributed by atoms with Gasteiger partial charge in [-0.1, -0.05) is 72.3 Å². The minimum atomic E-state index is -0.741. The number of nitrogens with one attached hydrogen (secondary N) is 1. The van der Waals surface area contributed by atoms with E-state index < -0.39 is 11.6 Å². The third kappa shape index (κ3) is 7.03. The lowest BCUT2D eigenvalue weighted by atomic mass is 10.00. The van der Waals surface area contributed by atoms with Gasteiger partial charge in [-0.15, -0.1) is 0 Å². The summed E-state index contributed by atoms with van der Waals surface area (Å²) in [7, 11) is 0. The molecule has 0 unspecified atom stereocenters. The minimum Gasteiger partial charge on any atom is -0.350 e. The number of carbonyl (C=O) groups excluding carboxylic acids is 4. The fraction of sp³-hybridized carbons (Fsp3) is 0.333. The van der Waals surface area contributed by atoms with Gasteiger partial charge in [0.15, 0.2) is 0 Å². The average molecular weight is 540 g/mol. The second kappa shape index (κ2) is 12.3. The van der Waals surface area contributed by atoms with Crippen molar-refractivity contribution >= 4 is 23.6 Å². The molecule has 208 valence electrons. The maximum absolute atomic E-state index is 13.8. The number of carbonyl (C=O) groups is 4. The van der Waals surface area contributed by atoms with Crippen LogP contribution in [0.1, 0.15) is 71.0 Å². The van der Waals surface area contributed by atoms with Crippen LogP contribution in [0.4, 0.5) is 0 Å².